The maximum absolute atomic E-state index is 11.5. The lowest BCUT2D eigenvalue weighted by Gasteiger charge is -2.10. The summed E-state index contributed by atoms with van der Waals surface area (Å²) in [5.74, 6) is 0.160. The lowest BCUT2D eigenvalue weighted by Crippen LogP contribution is -2.04. The highest BCUT2D eigenvalue weighted by Gasteiger charge is 2.06. The second kappa shape index (κ2) is 12.8. The molecule has 154 valence electrons. The first-order chi connectivity index (χ1) is 14.2. The van der Waals surface area contributed by atoms with E-state index in [1.165, 1.54) is 60.4 Å². The van der Waals surface area contributed by atoms with Crippen LogP contribution in [0.15, 0.2) is 55.1 Å². The van der Waals surface area contributed by atoms with Crippen LogP contribution in [0.1, 0.15) is 74.6 Å². The molecule has 0 saturated carbocycles. The smallest absolute Gasteiger partial charge is 0.335 e. The van der Waals surface area contributed by atoms with E-state index in [0.717, 1.165) is 19.3 Å². The van der Waals surface area contributed by atoms with Crippen molar-refractivity contribution in [1.82, 2.24) is 0 Å². The predicted octanol–water partition coefficient (Wildman–Crippen LogP) is 7.41. The molecule has 0 atom stereocenters. The maximum atomic E-state index is 11.5. The molecule has 0 fully saturated rings. The molecule has 0 unspecified atom stereocenters. The molecule has 2 aromatic carbocycles. The van der Waals surface area contributed by atoms with E-state index in [1.807, 2.05) is 18.2 Å². The van der Waals surface area contributed by atoms with E-state index in [9.17, 15) is 4.79 Å². The van der Waals surface area contributed by atoms with Gasteiger partial charge in [-0.25, -0.2) is 4.79 Å². The molecule has 2 heteroatoms. The number of hydrogen-bond acceptors (Lipinski definition) is 2. The lowest BCUT2D eigenvalue weighted by atomic mass is 9.97. The minimum Gasteiger partial charge on any atom is -0.423 e. The molecular weight excluding hydrogens is 356 g/mol. The third-order valence-electron chi connectivity index (χ3n) is 5.10. The van der Waals surface area contributed by atoms with Gasteiger partial charge in [0.05, 0.1) is 0 Å². The molecule has 0 saturated heterocycles. The number of ether oxygens (including phenoxy) is 1. The van der Waals surface area contributed by atoms with Crippen molar-refractivity contribution in [2.45, 2.75) is 65.2 Å². The zero-order valence-electron chi connectivity index (χ0n) is 18.0. The highest BCUT2D eigenvalue weighted by Crippen LogP contribution is 2.23. The Labute approximate surface area is 176 Å². The predicted molar refractivity (Wildman–Crippen MR) is 124 cm³/mol. The van der Waals surface area contributed by atoms with Gasteiger partial charge in [0.1, 0.15) is 5.75 Å². The summed E-state index contributed by atoms with van der Waals surface area (Å²) >= 11 is 0. The lowest BCUT2D eigenvalue weighted by molar-refractivity contribution is -0.128. The monoisotopic (exact) mass is 390 g/mol. The van der Waals surface area contributed by atoms with Crippen molar-refractivity contribution in [1.29, 1.82) is 0 Å². The zero-order chi connectivity index (χ0) is 20.9. The van der Waals surface area contributed by atoms with Gasteiger partial charge in [-0.1, -0.05) is 88.6 Å². The maximum Gasteiger partial charge on any atom is 0.335 e. The van der Waals surface area contributed by atoms with Crippen molar-refractivity contribution >= 4 is 18.1 Å². The third kappa shape index (κ3) is 7.73. The first kappa shape index (κ1) is 22.7. The van der Waals surface area contributed by atoms with Gasteiger partial charge < -0.3 is 4.74 Å². The Morgan fingerprint density at radius 1 is 0.862 bits per heavy atom. The van der Waals surface area contributed by atoms with Crippen molar-refractivity contribution in [2.75, 3.05) is 0 Å². The van der Waals surface area contributed by atoms with Crippen molar-refractivity contribution in [3.05, 3.63) is 77.4 Å². The fraction of sp³-hybridized carbons (Fsp3) is 0.370. The second-order valence-electron chi connectivity index (χ2n) is 7.43. The van der Waals surface area contributed by atoms with E-state index in [-0.39, 0.29) is 0 Å². The quantitative estimate of drug-likeness (QED) is 0.124. The minimum atomic E-state index is -0.422. The average molecular weight is 391 g/mol. The molecule has 0 N–H and O–H groups in total. The van der Waals surface area contributed by atoms with Gasteiger partial charge in [0.2, 0.25) is 0 Å². The Hall–Kier alpha value is -2.61. The molecule has 0 radical (unpaired) electrons. The highest BCUT2D eigenvalue weighted by atomic mass is 16.5. The van der Waals surface area contributed by atoms with Crippen LogP contribution >= 0.6 is 0 Å². The largest absolute Gasteiger partial charge is 0.423 e. The van der Waals surface area contributed by atoms with Gasteiger partial charge in [0, 0.05) is 6.08 Å². The van der Waals surface area contributed by atoms with E-state index in [0.29, 0.717) is 5.75 Å². The highest BCUT2D eigenvalue weighted by molar-refractivity contribution is 5.83. The molecule has 29 heavy (non-hydrogen) atoms. The summed E-state index contributed by atoms with van der Waals surface area (Å²) in [7, 11) is 0. The summed E-state index contributed by atoms with van der Waals surface area (Å²) in [6.45, 7) is 7.91. The summed E-state index contributed by atoms with van der Waals surface area (Å²) in [6.07, 6.45) is 14.9. The van der Waals surface area contributed by atoms with Gasteiger partial charge in [-0.3, -0.25) is 0 Å². The van der Waals surface area contributed by atoms with E-state index >= 15 is 0 Å². The Balaban J connectivity index is 2.23. The molecule has 2 aromatic rings. The molecule has 0 spiro atoms. The first-order valence-electron chi connectivity index (χ1n) is 10.9. The van der Waals surface area contributed by atoms with Gasteiger partial charge in [0.25, 0.3) is 0 Å². The zero-order valence-corrected chi connectivity index (χ0v) is 18.0. The van der Waals surface area contributed by atoms with E-state index in [4.69, 9.17) is 4.74 Å². The number of unbranched alkanes of at least 4 members (excludes halogenated alkanes) is 4. The van der Waals surface area contributed by atoms with Crippen LogP contribution in [0.25, 0.3) is 12.2 Å². The Morgan fingerprint density at radius 2 is 1.48 bits per heavy atom. The molecule has 0 heterocycles. The van der Waals surface area contributed by atoms with Gasteiger partial charge in [0.15, 0.2) is 0 Å². The van der Waals surface area contributed by atoms with Crippen molar-refractivity contribution in [3.8, 4) is 5.75 Å². The van der Waals surface area contributed by atoms with E-state index < -0.39 is 5.97 Å². The fourth-order valence-electron chi connectivity index (χ4n) is 3.42. The van der Waals surface area contributed by atoms with Crippen LogP contribution in [0.2, 0.25) is 0 Å². The topological polar surface area (TPSA) is 26.3 Å². The molecule has 0 aliphatic carbocycles. The normalized spacial score (nSPS) is 11.0. The number of aryl methyl sites for hydroxylation is 2. The molecule has 0 bridgehead atoms. The van der Waals surface area contributed by atoms with Crippen LogP contribution in [0.4, 0.5) is 0 Å². The summed E-state index contributed by atoms with van der Waals surface area (Å²) in [5, 5.41) is 0. The SMILES string of the molecule is C=CC(=O)Oc1ccc(/C=C/c2ccccc2CCCCC)c(CCCCC)c1. The number of esters is 1. The number of carbonyl (C=O) groups excluding carboxylic acids is 1. The third-order valence-corrected chi connectivity index (χ3v) is 5.10. The standard InChI is InChI=1S/C27H34O2/c1-4-7-9-13-22-14-11-12-15-23(22)17-18-24-19-20-26(29-27(28)6-3)21-25(24)16-10-8-5-2/h6,11-12,14-15,17-21H,3-5,7-10,13,16H2,1-2H3/b18-17+. The molecule has 0 aliphatic rings. The van der Waals surface area contributed by atoms with Gasteiger partial charge in [-0.15, -0.1) is 0 Å². The summed E-state index contributed by atoms with van der Waals surface area (Å²) in [6, 6.07) is 14.5. The number of hydrogen-bond donors (Lipinski definition) is 0. The van der Waals surface area contributed by atoms with E-state index in [1.54, 1.807) is 0 Å². The summed E-state index contributed by atoms with van der Waals surface area (Å²) < 4.78 is 5.32. The number of carbonyl (C=O) groups is 1. The van der Waals surface area contributed by atoms with Crippen LogP contribution in [-0.4, -0.2) is 5.97 Å². The Kier molecular flexibility index (Phi) is 9.99. The molecule has 0 amide bonds. The summed E-state index contributed by atoms with van der Waals surface area (Å²) in [4.78, 5) is 11.5. The Morgan fingerprint density at radius 3 is 2.14 bits per heavy atom. The van der Waals surface area contributed by atoms with E-state index in [2.05, 4.69) is 56.8 Å². The van der Waals surface area contributed by atoms with Crippen LogP contribution in [0, 0.1) is 0 Å². The van der Waals surface area contributed by atoms with Crippen LogP contribution < -0.4 is 4.74 Å². The van der Waals surface area contributed by atoms with Crippen LogP contribution in [0.3, 0.4) is 0 Å². The van der Waals surface area contributed by atoms with Gasteiger partial charge in [-0.2, -0.15) is 0 Å². The van der Waals surface area contributed by atoms with Crippen molar-refractivity contribution < 1.29 is 9.53 Å². The van der Waals surface area contributed by atoms with Crippen molar-refractivity contribution in [2.24, 2.45) is 0 Å². The van der Waals surface area contributed by atoms with Crippen molar-refractivity contribution in [3.63, 3.8) is 0 Å². The molecule has 2 nitrogen and oxygen atoms in total. The second-order valence-corrected chi connectivity index (χ2v) is 7.43. The van der Waals surface area contributed by atoms with Crippen LogP contribution in [-0.2, 0) is 17.6 Å². The average Bonchev–Trinajstić information content (AvgIpc) is 2.74. The first-order valence-corrected chi connectivity index (χ1v) is 10.9. The molecule has 2 rings (SSSR count). The Bertz CT molecular complexity index is 817. The summed E-state index contributed by atoms with van der Waals surface area (Å²) in [5.41, 5.74) is 5.09. The number of benzene rings is 2. The van der Waals surface area contributed by atoms with Gasteiger partial charge in [-0.05, 0) is 60.1 Å². The molecule has 0 aromatic heterocycles. The minimum absolute atomic E-state index is 0.422. The van der Waals surface area contributed by atoms with Gasteiger partial charge >= 0.3 is 5.97 Å². The van der Waals surface area contributed by atoms with Crippen LogP contribution in [0.5, 0.6) is 5.75 Å². The number of rotatable bonds is 12. The molecule has 0 aliphatic heterocycles. The molecular formula is C27H34O2. The fourth-order valence-corrected chi connectivity index (χ4v) is 3.42.